The Hall–Kier alpha value is -5.20. The van der Waals surface area contributed by atoms with Crippen molar-refractivity contribution < 1.29 is 33.9 Å². The summed E-state index contributed by atoms with van der Waals surface area (Å²) in [6.45, 7) is 4.93. The number of carbonyl (C=O) groups is 6. The number of nitrogens with two attached hydrogens (primary N) is 1. The standard InChI is InChI=1S/C32H40N6O7/c1-18(2)13-25(37-31(44)26(35-19(3)39)15-21-17-34-23-12-8-7-11-22(21)23)30(43)38-27(16-28(40)41)32(45)36-24(29(33)42)14-20-9-5-4-6-10-20/h4-12,17-18,24-27,34H,13-16H2,1-3H3,(H2,33,42)(H,35,39)(H,36,45)(H,37,44)(H,38,43)(H,40,41)/t24-,25-,26-,27-/m0/s1. The van der Waals surface area contributed by atoms with Crippen molar-refractivity contribution in [3.05, 3.63) is 71.9 Å². The van der Waals surface area contributed by atoms with Gasteiger partial charge in [-0.2, -0.15) is 0 Å². The third kappa shape index (κ3) is 10.5. The predicted octanol–water partition coefficient (Wildman–Crippen LogP) is 0.918. The molecule has 5 amide bonds. The molecule has 13 heteroatoms. The number of para-hydroxylation sites is 1. The van der Waals surface area contributed by atoms with Gasteiger partial charge in [0.15, 0.2) is 0 Å². The molecule has 0 aliphatic carbocycles. The number of nitrogens with one attached hydrogen (secondary N) is 5. The van der Waals surface area contributed by atoms with Crippen LogP contribution < -0.4 is 27.0 Å². The Bertz CT molecular complexity index is 1520. The van der Waals surface area contributed by atoms with Crippen LogP contribution in [0.25, 0.3) is 10.9 Å². The number of fused-ring (bicyclic) bond motifs is 1. The van der Waals surface area contributed by atoms with Crippen LogP contribution in [0.1, 0.15) is 44.7 Å². The van der Waals surface area contributed by atoms with Crippen LogP contribution in [0, 0.1) is 5.92 Å². The molecular weight excluding hydrogens is 580 g/mol. The van der Waals surface area contributed by atoms with Gasteiger partial charge in [-0.1, -0.05) is 62.4 Å². The van der Waals surface area contributed by atoms with Crippen molar-refractivity contribution >= 4 is 46.4 Å². The Kier molecular flexibility index (Phi) is 12.2. The highest BCUT2D eigenvalue weighted by Crippen LogP contribution is 2.19. The van der Waals surface area contributed by atoms with Crippen LogP contribution in [0.3, 0.4) is 0 Å². The summed E-state index contributed by atoms with van der Waals surface area (Å²) in [4.78, 5) is 79.0. The normalized spacial score (nSPS) is 13.7. The van der Waals surface area contributed by atoms with Gasteiger partial charge in [0.2, 0.25) is 29.5 Å². The Labute approximate surface area is 260 Å². The van der Waals surface area contributed by atoms with E-state index in [1.54, 1.807) is 36.5 Å². The second-order valence-corrected chi connectivity index (χ2v) is 11.3. The molecule has 0 radical (unpaired) electrons. The summed E-state index contributed by atoms with van der Waals surface area (Å²) in [6.07, 6.45) is 1.30. The van der Waals surface area contributed by atoms with E-state index in [0.29, 0.717) is 5.56 Å². The maximum Gasteiger partial charge on any atom is 0.305 e. The molecule has 2 aromatic carbocycles. The zero-order valence-electron chi connectivity index (χ0n) is 25.5. The summed E-state index contributed by atoms with van der Waals surface area (Å²) >= 11 is 0. The lowest BCUT2D eigenvalue weighted by Gasteiger charge is -2.26. The third-order valence-corrected chi connectivity index (χ3v) is 7.09. The van der Waals surface area contributed by atoms with Crippen molar-refractivity contribution in [3.63, 3.8) is 0 Å². The average molecular weight is 621 g/mol. The van der Waals surface area contributed by atoms with Crippen LogP contribution in [-0.2, 0) is 41.6 Å². The number of hydrogen-bond donors (Lipinski definition) is 7. The molecule has 13 nitrogen and oxygen atoms in total. The molecule has 0 unspecified atom stereocenters. The van der Waals surface area contributed by atoms with E-state index in [1.807, 2.05) is 38.1 Å². The van der Waals surface area contributed by atoms with Crippen molar-refractivity contribution in [1.82, 2.24) is 26.3 Å². The minimum atomic E-state index is -1.57. The highest BCUT2D eigenvalue weighted by molar-refractivity contribution is 5.97. The summed E-state index contributed by atoms with van der Waals surface area (Å²) in [6, 6.07) is 11.3. The second-order valence-electron chi connectivity index (χ2n) is 11.3. The number of benzene rings is 2. The molecule has 3 aromatic rings. The van der Waals surface area contributed by atoms with Crippen molar-refractivity contribution in [3.8, 4) is 0 Å². The molecule has 0 saturated heterocycles. The number of aromatic nitrogens is 1. The first kappa shape index (κ1) is 34.3. The van der Waals surface area contributed by atoms with Crippen LogP contribution in [-0.4, -0.2) is 69.8 Å². The van der Waals surface area contributed by atoms with E-state index in [0.717, 1.165) is 16.5 Å². The molecule has 0 aliphatic heterocycles. The lowest BCUT2D eigenvalue weighted by molar-refractivity contribution is -0.141. The van der Waals surface area contributed by atoms with Gasteiger partial charge in [-0.3, -0.25) is 28.8 Å². The van der Waals surface area contributed by atoms with E-state index < -0.39 is 66.1 Å². The fourth-order valence-electron chi connectivity index (χ4n) is 4.95. The lowest BCUT2D eigenvalue weighted by atomic mass is 10.00. The monoisotopic (exact) mass is 620 g/mol. The first-order chi connectivity index (χ1) is 21.3. The van der Waals surface area contributed by atoms with E-state index >= 15 is 0 Å². The zero-order chi connectivity index (χ0) is 33.1. The minimum Gasteiger partial charge on any atom is -0.481 e. The van der Waals surface area contributed by atoms with Crippen LogP contribution in [0.2, 0.25) is 0 Å². The number of carboxylic acid groups (broad SMARTS) is 1. The van der Waals surface area contributed by atoms with Gasteiger partial charge in [0.25, 0.3) is 0 Å². The summed E-state index contributed by atoms with van der Waals surface area (Å²) in [5.74, 6) is -5.10. The van der Waals surface area contributed by atoms with Gasteiger partial charge in [0.1, 0.15) is 24.2 Å². The van der Waals surface area contributed by atoms with Gasteiger partial charge < -0.3 is 37.1 Å². The molecule has 0 bridgehead atoms. The minimum absolute atomic E-state index is 0.0582. The van der Waals surface area contributed by atoms with Crippen LogP contribution in [0.15, 0.2) is 60.8 Å². The van der Waals surface area contributed by atoms with Crippen LogP contribution >= 0.6 is 0 Å². The number of aliphatic carboxylic acids is 1. The fourth-order valence-corrected chi connectivity index (χ4v) is 4.95. The topological polar surface area (TPSA) is 213 Å². The molecule has 0 aliphatic rings. The molecule has 0 saturated carbocycles. The number of carbonyl (C=O) groups excluding carboxylic acids is 5. The summed E-state index contributed by atoms with van der Waals surface area (Å²) < 4.78 is 0. The average Bonchev–Trinajstić information content (AvgIpc) is 3.38. The number of H-pyrrole nitrogens is 1. The van der Waals surface area contributed by atoms with Crippen LogP contribution in [0.4, 0.5) is 0 Å². The molecule has 4 atom stereocenters. The molecule has 0 fully saturated rings. The number of primary amides is 1. The second kappa shape index (κ2) is 16.0. The summed E-state index contributed by atoms with van der Waals surface area (Å²) in [7, 11) is 0. The molecule has 8 N–H and O–H groups in total. The van der Waals surface area contributed by atoms with Crippen molar-refractivity contribution in [2.75, 3.05) is 0 Å². The molecule has 0 spiro atoms. The van der Waals surface area contributed by atoms with E-state index in [-0.39, 0.29) is 25.2 Å². The molecule has 240 valence electrons. The largest absolute Gasteiger partial charge is 0.481 e. The Balaban J connectivity index is 1.77. The van der Waals surface area contributed by atoms with Gasteiger partial charge in [-0.25, -0.2) is 0 Å². The van der Waals surface area contributed by atoms with Crippen molar-refractivity contribution in [1.29, 1.82) is 0 Å². The first-order valence-electron chi connectivity index (χ1n) is 14.6. The van der Waals surface area contributed by atoms with Crippen molar-refractivity contribution in [2.45, 2.75) is 70.6 Å². The lowest BCUT2D eigenvalue weighted by Crippen LogP contribution is -2.59. The quantitative estimate of drug-likeness (QED) is 0.123. The van der Waals surface area contributed by atoms with Gasteiger partial charge in [0, 0.05) is 36.9 Å². The van der Waals surface area contributed by atoms with E-state index in [4.69, 9.17) is 5.73 Å². The highest BCUT2D eigenvalue weighted by Gasteiger charge is 2.32. The van der Waals surface area contributed by atoms with Gasteiger partial charge in [-0.15, -0.1) is 0 Å². The SMILES string of the molecule is CC(=O)N[C@@H](Cc1c[nH]c2ccccc12)C(=O)N[C@@H](CC(C)C)C(=O)N[C@@H](CC(=O)O)C(=O)N[C@@H](Cc1ccccc1)C(N)=O. The Morgan fingerprint density at radius 1 is 0.756 bits per heavy atom. The Morgan fingerprint density at radius 2 is 1.33 bits per heavy atom. The van der Waals surface area contributed by atoms with E-state index in [9.17, 15) is 33.9 Å². The fraction of sp³-hybridized carbons (Fsp3) is 0.375. The first-order valence-corrected chi connectivity index (χ1v) is 14.6. The van der Waals surface area contributed by atoms with Gasteiger partial charge in [0.05, 0.1) is 6.42 Å². The maximum absolute atomic E-state index is 13.5. The Morgan fingerprint density at radius 3 is 1.96 bits per heavy atom. The number of aromatic amines is 1. The number of hydrogen-bond acceptors (Lipinski definition) is 6. The number of amides is 5. The third-order valence-electron chi connectivity index (χ3n) is 7.09. The zero-order valence-corrected chi connectivity index (χ0v) is 25.5. The van der Waals surface area contributed by atoms with Crippen LogP contribution in [0.5, 0.6) is 0 Å². The van der Waals surface area contributed by atoms with E-state index in [2.05, 4.69) is 26.3 Å². The summed E-state index contributed by atoms with van der Waals surface area (Å²) in [5, 5.41) is 20.5. The molecular formula is C32H40N6O7. The maximum atomic E-state index is 13.5. The highest BCUT2D eigenvalue weighted by atomic mass is 16.4. The molecule has 3 rings (SSSR count). The van der Waals surface area contributed by atoms with Crippen molar-refractivity contribution in [2.24, 2.45) is 11.7 Å². The smallest absolute Gasteiger partial charge is 0.305 e. The number of carboxylic acids is 1. The molecule has 1 aromatic heterocycles. The van der Waals surface area contributed by atoms with Gasteiger partial charge >= 0.3 is 5.97 Å². The van der Waals surface area contributed by atoms with Gasteiger partial charge in [-0.05, 0) is 29.5 Å². The molecule has 45 heavy (non-hydrogen) atoms. The summed E-state index contributed by atoms with van der Waals surface area (Å²) in [5.41, 5.74) is 7.85. The molecule has 1 heterocycles. The number of rotatable bonds is 16. The van der Waals surface area contributed by atoms with E-state index in [1.165, 1.54) is 6.92 Å². The predicted molar refractivity (Wildman–Crippen MR) is 166 cm³/mol.